The molecule has 0 spiro atoms. The van der Waals surface area contributed by atoms with E-state index in [0.717, 1.165) is 34.5 Å². The van der Waals surface area contributed by atoms with Crippen molar-refractivity contribution in [3.05, 3.63) is 64.1 Å². The van der Waals surface area contributed by atoms with Crippen molar-refractivity contribution in [3.63, 3.8) is 0 Å². The number of hydrogen-bond acceptors (Lipinski definition) is 7. The van der Waals surface area contributed by atoms with E-state index in [0.29, 0.717) is 18.1 Å². The van der Waals surface area contributed by atoms with E-state index >= 15 is 0 Å². The average Bonchev–Trinajstić information content (AvgIpc) is 3.48. The second kappa shape index (κ2) is 8.77. The van der Waals surface area contributed by atoms with Crippen molar-refractivity contribution in [2.75, 3.05) is 4.90 Å². The maximum atomic E-state index is 13.0. The maximum absolute atomic E-state index is 13.0. The SMILES string of the molecule is O=C1CC(NCc2nc3c(s2)CCCCC3)C(=O)N1c1ccc(-c2nc3ccccc3o2)cc1. The first-order chi connectivity index (χ1) is 16.7. The standard InChI is InChI=1S/C26H24N4O3S/c31-24-14-20(27-15-23-28-19-7-2-1-3-9-22(19)34-23)26(32)30(24)17-12-10-16(11-13-17)25-29-18-6-4-5-8-21(18)33-25/h4-6,8,10-13,20,27H,1-3,7,9,14-15H2. The van der Waals surface area contributed by atoms with Gasteiger partial charge in [-0.2, -0.15) is 0 Å². The first-order valence-electron chi connectivity index (χ1n) is 11.7. The molecule has 0 bridgehead atoms. The molecule has 1 N–H and O–H groups in total. The second-order valence-corrected chi connectivity index (χ2v) is 9.94. The van der Waals surface area contributed by atoms with Gasteiger partial charge >= 0.3 is 0 Å². The van der Waals surface area contributed by atoms with Crippen LogP contribution in [0.5, 0.6) is 0 Å². The summed E-state index contributed by atoms with van der Waals surface area (Å²) < 4.78 is 5.82. The van der Waals surface area contributed by atoms with Crippen LogP contribution in [0.4, 0.5) is 5.69 Å². The Morgan fingerprint density at radius 1 is 1.00 bits per heavy atom. The number of nitrogens with one attached hydrogen (secondary N) is 1. The summed E-state index contributed by atoms with van der Waals surface area (Å²) >= 11 is 1.73. The number of thiazole rings is 1. The molecule has 8 heteroatoms. The molecule has 1 fully saturated rings. The Bertz CT molecular complexity index is 1320. The van der Waals surface area contributed by atoms with Gasteiger partial charge in [0.25, 0.3) is 5.91 Å². The third-order valence-electron chi connectivity index (χ3n) is 6.45. The van der Waals surface area contributed by atoms with Crippen LogP contribution in [0.15, 0.2) is 52.9 Å². The Hall–Kier alpha value is -3.36. The van der Waals surface area contributed by atoms with E-state index in [2.05, 4.69) is 10.3 Å². The fraction of sp³-hybridized carbons (Fsp3) is 0.308. The van der Waals surface area contributed by atoms with Crippen molar-refractivity contribution >= 4 is 39.9 Å². The van der Waals surface area contributed by atoms with E-state index in [9.17, 15) is 9.59 Å². The number of carbonyl (C=O) groups is 2. The molecule has 3 heterocycles. The number of nitrogens with zero attached hydrogens (tertiary/aromatic N) is 3. The number of amides is 2. The van der Waals surface area contributed by atoms with Gasteiger partial charge in [-0.15, -0.1) is 11.3 Å². The normalized spacial score (nSPS) is 18.5. The number of rotatable bonds is 5. The number of aryl methyl sites for hydroxylation is 2. The minimum absolute atomic E-state index is 0.150. The van der Waals surface area contributed by atoms with Gasteiger partial charge in [-0.05, 0) is 62.1 Å². The molecule has 2 amide bonds. The van der Waals surface area contributed by atoms with E-state index in [-0.39, 0.29) is 18.2 Å². The van der Waals surface area contributed by atoms with Crippen LogP contribution in [0.2, 0.25) is 0 Å². The summed E-state index contributed by atoms with van der Waals surface area (Å²) in [6.45, 7) is 0.506. The molecule has 0 saturated carbocycles. The molecule has 4 aromatic rings. The van der Waals surface area contributed by atoms with E-state index in [1.165, 1.54) is 34.7 Å². The third-order valence-corrected chi connectivity index (χ3v) is 7.61. The molecular weight excluding hydrogens is 448 g/mol. The van der Waals surface area contributed by atoms with Gasteiger partial charge in [0, 0.05) is 17.0 Å². The molecule has 1 aliphatic carbocycles. The van der Waals surface area contributed by atoms with Crippen molar-refractivity contribution in [1.82, 2.24) is 15.3 Å². The fourth-order valence-corrected chi connectivity index (χ4v) is 5.79. The smallest absolute Gasteiger partial charge is 0.251 e. The summed E-state index contributed by atoms with van der Waals surface area (Å²) in [4.78, 5) is 37.7. The van der Waals surface area contributed by atoms with Crippen molar-refractivity contribution < 1.29 is 14.0 Å². The van der Waals surface area contributed by atoms with Gasteiger partial charge in [0.2, 0.25) is 11.8 Å². The average molecular weight is 473 g/mol. The van der Waals surface area contributed by atoms with E-state index in [1.54, 1.807) is 23.5 Å². The number of aromatic nitrogens is 2. The lowest BCUT2D eigenvalue weighted by molar-refractivity contribution is -0.121. The minimum atomic E-state index is -0.534. The van der Waals surface area contributed by atoms with Crippen molar-refractivity contribution in [2.24, 2.45) is 0 Å². The molecule has 6 rings (SSSR count). The molecule has 2 aromatic heterocycles. The number of benzene rings is 2. The van der Waals surface area contributed by atoms with Crippen LogP contribution in [0, 0.1) is 0 Å². The van der Waals surface area contributed by atoms with Gasteiger partial charge in [0.1, 0.15) is 10.5 Å². The second-order valence-electron chi connectivity index (χ2n) is 8.78. The van der Waals surface area contributed by atoms with Gasteiger partial charge in [-0.3, -0.25) is 14.9 Å². The van der Waals surface area contributed by atoms with Crippen molar-refractivity contribution in [3.8, 4) is 11.5 Å². The Morgan fingerprint density at radius 3 is 2.68 bits per heavy atom. The molecule has 1 atom stereocenters. The molecular formula is C26H24N4O3S. The molecule has 2 aromatic carbocycles. The zero-order valence-corrected chi connectivity index (χ0v) is 19.4. The number of para-hydroxylation sites is 2. The van der Waals surface area contributed by atoms with Crippen LogP contribution in [0.25, 0.3) is 22.6 Å². The maximum Gasteiger partial charge on any atom is 0.251 e. The highest BCUT2D eigenvalue weighted by molar-refractivity contribution is 7.11. The lowest BCUT2D eigenvalue weighted by Crippen LogP contribution is -2.38. The van der Waals surface area contributed by atoms with Gasteiger partial charge < -0.3 is 4.42 Å². The van der Waals surface area contributed by atoms with Crippen LogP contribution < -0.4 is 10.2 Å². The first kappa shape index (κ1) is 21.2. The Balaban J connectivity index is 1.14. The van der Waals surface area contributed by atoms with Crippen molar-refractivity contribution in [2.45, 2.75) is 51.1 Å². The van der Waals surface area contributed by atoms with Gasteiger partial charge in [-0.1, -0.05) is 18.6 Å². The molecule has 1 unspecified atom stereocenters. The largest absolute Gasteiger partial charge is 0.436 e. The first-order valence-corrected chi connectivity index (χ1v) is 12.5. The van der Waals surface area contributed by atoms with E-state index in [1.807, 2.05) is 36.4 Å². The van der Waals surface area contributed by atoms with Gasteiger partial charge in [-0.25, -0.2) is 14.9 Å². The van der Waals surface area contributed by atoms with Gasteiger partial charge in [0.05, 0.1) is 23.8 Å². The quantitative estimate of drug-likeness (QED) is 0.336. The van der Waals surface area contributed by atoms with E-state index < -0.39 is 6.04 Å². The predicted molar refractivity (Wildman–Crippen MR) is 131 cm³/mol. The summed E-state index contributed by atoms with van der Waals surface area (Å²) in [6, 6.07) is 14.2. The molecule has 0 radical (unpaired) electrons. The molecule has 34 heavy (non-hydrogen) atoms. The summed E-state index contributed by atoms with van der Waals surface area (Å²) in [7, 11) is 0. The van der Waals surface area contributed by atoms with Crippen LogP contribution >= 0.6 is 11.3 Å². The summed E-state index contributed by atoms with van der Waals surface area (Å²) in [6.07, 6.45) is 5.97. The van der Waals surface area contributed by atoms with Crippen molar-refractivity contribution in [1.29, 1.82) is 0 Å². The van der Waals surface area contributed by atoms with Crippen LogP contribution in [-0.2, 0) is 29.0 Å². The lowest BCUT2D eigenvalue weighted by Gasteiger charge is -2.15. The molecule has 1 saturated heterocycles. The zero-order valence-electron chi connectivity index (χ0n) is 18.6. The predicted octanol–water partition coefficient (Wildman–Crippen LogP) is 4.64. The monoisotopic (exact) mass is 472 g/mol. The van der Waals surface area contributed by atoms with Crippen LogP contribution in [0.3, 0.4) is 0 Å². The van der Waals surface area contributed by atoms with Gasteiger partial charge in [0.15, 0.2) is 5.58 Å². The molecule has 2 aliphatic rings. The van der Waals surface area contributed by atoms with E-state index in [4.69, 9.17) is 9.40 Å². The Labute approximate surface area is 200 Å². The summed E-state index contributed by atoms with van der Waals surface area (Å²) in [5.41, 5.74) is 4.07. The molecule has 1 aliphatic heterocycles. The molecule has 7 nitrogen and oxygen atoms in total. The zero-order chi connectivity index (χ0) is 23.1. The van der Waals surface area contributed by atoms with Crippen LogP contribution in [-0.4, -0.2) is 27.8 Å². The number of carbonyl (C=O) groups excluding carboxylic acids is 2. The summed E-state index contributed by atoms with van der Waals surface area (Å²) in [5.74, 6) is 0.0815. The summed E-state index contributed by atoms with van der Waals surface area (Å²) in [5, 5.41) is 4.26. The number of anilines is 1. The lowest BCUT2D eigenvalue weighted by atomic mass is 10.2. The third kappa shape index (κ3) is 3.93. The van der Waals surface area contributed by atoms with Crippen LogP contribution in [0.1, 0.15) is 41.3 Å². The Kier molecular flexibility index (Phi) is 5.47. The number of oxazole rings is 1. The number of imide groups is 1. The topological polar surface area (TPSA) is 88.3 Å². The Morgan fingerprint density at radius 2 is 1.82 bits per heavy atom. The highest BCUT2D eigenvalue weighted by atomic mass is 32.1. The minimum Gasteiger partial charge on any atom is -0.436 e. The number of fused-ring (bicyclic) bond motifs is 2. The highest BCUT2D eigenvalue weighted by Gasteiger charge is 2.39. The highest BCUT2D eigenvalue weighted by Crippen LogP contribution is 2.29. The number of hydrogen-bond donors (Lipinski definition) is 1. The fourth-order valence-electron chi connectivity index (χ4n) is 4.68. The molecule has 172 valence electrons.